The topological polar surface area (TPSA) is 37.6 Å². The average Bonchev–Trinajstić information content (AvgIpc) is 3.45. The number of benzene rings is 4. The van der Waals surface area contributed by atoms with Gasteiger partial charge in [0.15, 0.2) is 5.17 Å². The highest BCUT2D eigenvalue weighted by Crippen LogP contribution is 2.36. The molecule has 1 aliphatic rings. The third-order valence-electron chi connectivity index (χ3n) is 6.66. The van der Waals surface area contributed by atoms with Gasteiger partial charge in [0.2, 0.25) is 0 Å². The number of amidine groups is 1. The van der Waals surface area contributed by atoms with Crippen molar-refractivity contribution >= 4 is 51.4 Å². The van der Waals surface area contributed by atoms with E-state index in [1.54, 1.807) is 4.90 Å². The number of para-hydroxylation sites is 1. The molecule has 192 valence electrons. The summed E-state index contributed by atoms with van der Waals surface area (Å²) < 4.78 is 2.21. The van der Waals surface area contributed by atoms with Crippen molar-refractivity contribution in [2.45, 2.75) is 19.6 Å². The molecule has 0 unspecified atom stereocenters. The quantitative estimate of drug-likeness (QED) is 0.193. The van der Waals surface area contributed by atoms with E-state index in [0.29, 0.717) is 24.5 Å². The molecule has 5 aromatic rings. The van der Waals surface area contributed by atoms with Crippen LogP contribution in [0.1, 0.15) is 22.3 Å². The Morgan fingerprint density at radius 3 is 2.23 bits per heavy atom. The standard InChI is InChI=1S/C33H26ClN3OS/c34-28-15-9-14-26(18-28)21-36-23-27(29-16-7-8-17-30(29)36)19-31-32(38)37(22-25-12-5-2-6-13-25)33(39-31)35-20-24-10-3-1-4-11-24/h1-19,23H,20-22H2/b31-19-,35-33?. The maximum atomic E-state index is 13.7. The largest absolute Gasteiger partial charge is 0.342 e. The Hall–Kier alpha value is -4.06. The lowest BCUT2D eigenvalue weighted by Crippen LogP contribution is -2.28. The van der Waals surface area contributed by atoms with Gasteiger partial charge in [-0.2, -0.15) is 0 Å². The van der Waals surface area contributed by atoms with Gasteiger partial charge in [0, 0.05) is 34.2 Å². The summed E-state index contributed by atoms with van der Waals surface area (Å²) in [5.74, 6) is -0.0256. The van der Waals surface area contributed by atoms with Crippen LogP contribution < -0.4 is 0 Å². The van der Waals surface area contributed by atoms with Crippen LogP contribution in [0.15, 0.2) is 125 Å². The first-order chi connectivity index (χ1) is 19.1. The van der Waals surface area contributed by atoms with E-state index in [4.69, 9.17) is 16.6 Å². The zero-order valence-electron chi connectivity index (χ0n) is 21.2. The molecule has 0 radical (unpaired) electrons. The molecule has 0 saturated carbocycles. The number of hydrogen-bond acceptors (Lipinski definition) is 3. The Labute approximate surface area is 237 Å². The summed E-state index contributed by atoms with van der Waals surface area (Å²) in [7, 11) is 0. The van der Waals surface area contributed by atoms with E-state index < -0.39 is 0 Å². The molecule has 4 aromatic carbocycles. The van der Waals surface area contributed by atoms with Gasteiger partial charge in [0.1, 0.15) is 0 Å². The molecule has 6 rings (SSSR count). The minimum Gasteiger partial charge on any atom is -0.342 e. The summed E-state index contributed by atoms with van der Waals surface area (Å²) in [6.45, 7) is 1.69. The van der Waals surface area contributed by atoms with Gasteiger partial charge in [-0.1, -0.05) is 103 Å². The zero-order valence-corrected chi connectivity index (χ0v) is 22.8. The molecular formula is C33H26ClN3OS. The Bertz CT molecular complexity index is 1690. The average molecular weight is 548 g/mol. The van der Waals surface area contributed by atoms with E-state index in [1.165, 1.54) is 11.8 Å². The molecular weight excluding hydrogens is 522 g/mol. The molecule has 2 heterocycles. The summed E-state index contributed by atoms with van der Waals surface area (Å²) in [5.41, 5.74) is 5.42. The van der Waals surface area contributed by atoms with E-state index in [9.17, 15) is 4.79 Å². The highest BCUT2D eigenvalue weighted by molar-refractivity contribution is 8.18. The highest BCUT2D eigenvalue weighted by atomic mass is 35.5. The fourth-order valence-electron chi connectivity index (χ4n) is 4.77. The Morgan fingerprint density at radius 2 is 1.46 bits per heavy atom. The van der Waals surface area contributed by atoms with E-state index in [1.807, 2.05) is 84.9 Å². The van der Waals surface area contributed by atoms with Crippen molar-refractivity contribution in [1.29, 1.82) is 0 Å². The number of fused-ring (bicyclic) bond motifs is 1. The van der Waals surface area contributed by atoms with Crippen LogP contribution in [0.4, 0.5) is 0 Å². The van der Waals surface area contributed by atoms with E-state index in [-0.39, 0.29) is 5.91 Å². The highest BCUT2D eigenvalue weighted by Gasteiger charge is 2.33. The van der Waals surface area contributed by atoms with Crippen molar-refractivity contribution in [2.24, 2.45) is 4.99 Å². The van der Waals surface area contributed by atoms with Crippen LogP contribution in [-0.2, 0) is 24.4 Å². The zero-order chi connectivity index (χ0) is 26.6. The Balaban J connectivity index is 1.35. The van der Waals surface area contributed by atoms with Gasteiger partial charge in [0.05, 0.1) is 18.0 Å². The van der Waals surface area contributed by atoms with Gasteiger partial charge in [-0.15, -0.1) is 0 Å². The first-order valence-corrected chi connectivity index (χ1v) is 14.0. The molecule has 6 heteroatoms. The molecule has 1 saturated heterocycles. The third-order valence-corrected chi connectivity index (χ3v) is 7.94. The lowest BCUT2D eigenvalue weighted by atomic mass is 10.1. The summed E-state index contributed by atoms with van der Waals surface area (Å²) >= 11 is 7.68. The molecule has 39 heavy (non-hydrogen) atoms. The number of thioether (sulfide) groups is 1. The minimum absolute atomic E-state index is 0.0256. The normalized spacial score (nSPS) is 15.6. The molecule has 0 atom stereocenters. The fourth-order valence-corrected chi connectivity index (χ4v) is 5.95. The molecule has 0 bridgehead atoms. The molecule has 1 fully saturated rings. The third kappa shape index (κ3) is 5.70. The van der Waals surface area contributed by atoms with Gasteiger partial charge in [-0.05, 0) is 52.7 Å². The van der Waals surface area contributed by atoms with Crippen LogP contribution in [0, 0.1) is 0 Å². The fraction of sp³-hybridized carbons (Fsp3) is 0.0909. The van der Waals surface area contributed by atoms with E-state index in [2.05, 4.69) is 41.1 Å². The lowest BCUT2D eigenvalue weighted by Gasteiger charge is -2.15. The summed E-state index contributed by atoms with van der Waals surface area (Å²) in [6.07, 6.45) is 4.12. The number of aromatic nitrogens is 1. The van der Waals surface area contributed by atoms with E-state index >= 15 is 0 Å². The second-order valence-electron chi connectivity index (χ2n) is 9.43. The number of rotatable bonds is 7. The lowest BCUT2D eigenvalue weighted by molar-refractivity contribution is -0.122. The minimum atomic E-state index is -0.0256. The second-order valence-corrected chi connectivity index (χ2v) is 10.9. The summed E-state index contributed by atoms with van der Waals surface area (Å²) in [5, 5.41) is 2.55. The molecule has 1 amide bonds. The van der Waals surface area contributed by atoms with Crippen LogP contribution in [0.25, 0.3) is 17.0 Å². The van der Waals surface area contributed by atoms with Crippen LogP contribution >= 0.6 is 23.4 Å². The summed E-state index contributed by atoms with van der Waals surface area (Å²) in [4.78, 5) is 21.1. The van der Waals surface area contributed by atoms with Crippen molar-refractivity contribution < 1.29 is 4.79 Å². The van der Waals surface area contributed by atoms with Crippen molar-refractivity contribution in [3.63, 3.8) is 0 Å². The van der Waals surface area contributed by atoms with Crippen molar-refractivity contribution in [3.8, 4) is 0 Å². The van der Waals surface area contributed by atoms with Gasteiger partial charge in [0.25, 0.3) is 5.91 Å². The maximum Gasteiger partial charge on any atom is 0.267 e. The van der Waals surface area contributed by atoms with Gasteiger partial charge >= 0.3 is 0 Å². The Morgan fingerprint density at radius 1 is 0.769 bits per heavy atom. The van der Waals surface area contributed by atoms with Gasteiger partial charge < -0.3 is 4.57 Å². The first-order valence-electron chi connectivity index (χ1n) is 12.8. The maximum absolute atomic E-state index is 13.7. The predicted octanol–water partition coefficient (Wildman–Crippen LogP) is 8.02. The Kier molecular flexibility index (Phi) is 7.35. The van der Waals surface area contributed by atoms with Gasteiger partial charge in [-0.25, -0.2) is 0 Å². The summed E-state index contributed by atoms with van der Waals surface area (Å²) in [6, 6.07) is 36.4. The first kappa shape index (κ1) is 25.2. The molecule has 0 aliphatic carbocycles. The molecule has 0 spiro atoms. The van der Waals surface area contributed by atoms with Crippen LogP contribution in [0.5, 0.6) is 0 Å². The van der Waals surface area contributed by atoms with Gasteiger partial charge in [-0.3, -0.25) is 14.7 Å². The number of hydrogen-bond donors (Lipinski definition) is 0. The van der Waals surface area contributed by atoms with Crippen molar-refractivity contribution in [2.75, 3.05) is 0 Å². The van der Waals surface area contributed by atoms with E-state index in [0.717, 1.165) is 43.3 Å². The van der Waals surface area contributed by atoms with Crippen LogP contribution in [0.2, 0.25) is 5.02 Å². The number of nitrogens with zero attached hydrogens (tertiary/aromatic N) is 3. The number of halogens is 1. The monoisotopic (exact) mass is 547 g/mol. The van der Waals surface area contributed by atoms with Crippen LogP contribution in [0.3, 0.4) is 0 Å². The SMILES string of the molecule is O=C1/C(=C/c2cn(Cc3cccc(Cl)c3)c3ccccc23)SC(=NCc2ccccc2)N1Cc1ccccc1. The van der Waals surface area contributed by atoms with Crippen molar-refractivity contribution in [1.82, 2.24) is 9.47 Å². The number of aliphatic imine (C=N–C) groups is 1. The number of amides is 1. The second kappa shape index (κ2) is 11.4. The molecule has 4 nitrogen and oxygen atoms in total. The molecule has 0 N–H and O–H groups in total. The molecule has 1 aliphatic heterocycles. The number of carbonyl (C=O) groups excluding carboxylic acids is 1. The van der Waals surface area contributed by atoms with Crippen molar-refractivity contribution in [3.05, 3.63) is 148 Å². The predicted molar refractivity (Wildman–Crippen MR) is 163 cm³/mol. The number of carbonyl (C=O) groups is 1. The molecule has 1 aromatic heterocycles. The smallest absolute Gasteiger partial charge is 0.267 e. The van der Waals surface area contributed by atoms with Crippen LogP contribution in [-0.4, -0.2) is 20.5 Å².